The third-order valence-corrected chi connectivity index (χ3v) is 4.76. The summed E-state index contributed by atoms with van der Waals surface area (Å²) in [4.78, 5) is 27.9. The van der Waals surface area contributed by atoms with E-state index in [0.29, 0.717) is 28.3 Å². The van der Waals surface area contributed by atoms with Gasteiger partial charge in [-0.2, -0.15) is 4.52 Å². The zero-order valence-electron chi connectivity index (χ0n) is 14.0. The molecule has 4 heterocycles. The number of fused-ring (bicyclic) bond motifs is 6. The van der Waals surface area contributed by atoms with Crippen molar-refractivity contribution in [2.45, 2.75) is 0 Å². The minimum absolute atomic E-state index is 0.234. The quantitative estimate of drug-likeness (QED) is 0.475. The highest BCUT2D eigenvalue weighted by Crippen LogP contribution is 2.24. The van der Waals surface area contributed by atoms with E-state index in [-0.39, 0.29) is 5.56 Å². The Hall–Kier alpha value is -4.00. The number of aromatic amines is 2. The molecule has 0 saturated carbocycles. The van der Waals surface area contributed by atoms with Gasteiger partial charge in [-0.25, -0.2) is 9.97 Å². The molecule has 7 nitrogen and oxygen atoms in total. The molecule has 2 aromatic carbocycles. The molecule has 0 bridgehead atoms. The van der Waals surface area contributed by atoms with Crippen molar-refractivity contribution >= 4 is 38.7 Å². The Labute approximate surface area is 151 Å². The standard InChI is InChI=1S/C20H12N6O/c27-20-15-19(23-16(22-15)11-6-2-1-3-7-11)26-18(24-20)13-10-12-8-4-5-9-14(12)21-17(13)25-26/h1-10H,(H,22,23)(H,24,27). The van der Waals surface area contributed by atoms with Crippen molar-refractivity contribution in [3.8, 4) is 11.4 Å². The van der Waals surface area contributed by atoms with Crippen LogP contribution in [0.15, 0.2) is 65.5 Å². The number of hydrogen-bond acceptors (Lipinski definition) is 4. The predicted octanol–water partition coefficient (Wildman–Crippen LogP) is 3.27. The van der Waals surface area contributed by atoms with Gasteiger partial charge in [0.1, 0.15) is 11.5 Å². The molecule has 0 unspecified atom stereocenters. The fraction of sp³-hybridized carbons (Fsp3) is 0. The van der Waals surface area contributed by atoms with Crippen molar-refractivity contribution in [2.75, 3.05) is 0 Å². The fourth-order valence-corrected chi connectivity index (χ4v) is 3.47. The van der Waals surface area contributed by atoms with Crippen molar-refractivity contribution in [3.63, 3.8) is 0 Å². The van der Waals surface area contributed by atoms with E-state index in [0.717, 1.165) is 21.9 Å². The summed E-state index contributed by atoms with van der Waals surface area (Å²) in [5, 5.41) is 6.38. The number of nitrogens with one attached hydrogen (secondary N) is 2. The van der Waals surface area contributed by atoms with Crippen LogP contribution in [0.25, 0.3) is 50.1 Å². The summed E-state index contributed by atoms with van der Waals surface area (Å²) < 4.78 is 1.65. The van der Waals surface area contributed by atoms with Gasteiger partial charge in [0.15, 0.2) is 16.8 Å². The monoisotopic (exact) mass is 352 g/mol. The number of rotatable bonds is 1. The highest BCUT2D eigenvalue weighted by Gasteiger charge is 2.16. The van der Waals surface area contributed by atoms with Crippen molar-refractivity contribution in [3.05, 3.63) is 71.0 Å². The Kier molecular flexibility index (Phi) is 2.64. The molecule has 6 rings (SSSR count). The largest absolute Gasteiger partial charge is 0.332 e. The first kappa shape index (κ1) is 14.2. The van der Waals surface area contributed by atoms with E-state index >= 15 is 0 Å². The molecule has 128 valence electrons. The molecule has 2 N–H and O–H groups in total. The van der Waals surface area contributed by atoms with Gasteiger partial charge in [0, 0.05) is 10.9 Å². The number of H-pyrrole nitrogens is 2. The van der Waals surface area contributed by atoms with Gasteiger partial charge >= 0.3 is 0 Å². The van der Waals surface area contributed by atoms with E-state index in [1.165, 1.54) is 0 Å². The average Bonchev–Trinajstić information content (AvgIpc) is 3.29. The zero-order valence-corrected chi connectivity index (χ0v) is 14.0. The lowest BCUT2D eigenvalue weighted by Gasteiger charge is -1.96. The van der Waals surface area contributed by atoms with Gasteiger partial charge in [0.2, 0.25) is 0 Å². The summed E-state index contributed by atoms with van der Waals surface area (Å²) in [5.74, 6) is 0.626. The molecule has 6 aromatic rings. The van der Waals surface area contributed by atoms with Crippen molar-refractivity contribution in [1.29, 1.82) is 0 Å². The number of hydrogen-bond donors (Lipinski definition) is 2. The fourth-order valence-electron chi connectivity index (χ4n) is 3.47. The minimum atomic E-state index is -0.234. The van der Waals surface area contributed by atoms with Gasteiger partial charge in [-0.15, -0.1) is 5.10 Å². The Morgan fingerprint density at radius 3 is 2.59 bits per heavy atom. The van der Waals surface area contributed by atoms with Crippen LogP contribution >= 0.6 is 0 Å². The highest BCUT2D eigenvalue weighted by molar-refractivity contribution is 5.99. The maximum Gasteiger partial charge on any atom is 0.277 e. The lowest BCUT2D eigenvalue weighted by atomic mass is 10.2. The number of nitrogens with zero attached hydrogens (tertiary/aromatic N) is 4. The van der Waals surface area contributed by atoms with Crippen molar-refractivity contribution < 1.29 is 0 Å². The summed E-state index contributed by atoms with van der Waals surface area (Å²) in [6.45, 7) is 0. The molecule has 7 heteroatoms. The molecule has 0 aliphatic rings. The molecular formula is C20H12N6O. The third kappa shape index (κ3) is 1.96. The highest BCUT2D eigenvalue weighted by atomic mass is 16.1. The van der Waals surface area contributed by atoms with Crippen LogP contribution in [0.5, 0.6) is 0 Å². The lowest BCUT2D eigenvalue weighted by Crippen LogP contribution is -2.09. The first-order chi connectivity index (χ1) is 13.3. The van der Waals surface area contributed by atoms with E-state index in [9.17, 15) is 4.79 Å². The molecule has 0 aliphatic heterocycles. The topological polar surface area (TPSA) is 91.7 Å². The van der Waals surface area contributed by atoms with E-state index in [1.807, 2.05) is 60.7 Å². The van der Waals surface area contributed by atoms with Crippen LogP contribution in [0.4, 0.5) is 0 Å². The molecule has 0 amide bonds. The number of pyridine rings is 1. The molecule has 0 spiro atoms. The van der Waals surface area contributed by atoms with Crippen LogP contribution in [-0.2, 0) is 0 Å². The van der Waals surface area contributed by atoms with Gasteiger partial charge in [0.05, 0.1) is 10.9 Å². The molecule has 0 saturated heterocycles. The molecule has 0 fully saturated rings. The van der Waals surface area contributed by atoms with Crippen LogP contribution < -0.4 is 5.56 Å². The summed E-state index contributed by atoms with van der Waals surface area (Å²) in [6, 6.07) is 19.5. The summed E-state index contributed by atoms with van der Waals surface area (Å²) >= 11 is 0. The summed E-state index contributed by atoms with van der Waals surface area (Å²) in [5.41, 5.74) is 3.56. The van der Waals surface area contributed by atoms with Gasteiger partial charge < -0.3 is 9.97 Å². The minimum Gasteiger partial charge on any atom is -0.332 e. The predicted molar refractivity (Wildman–Crippen MR) is 104 cm³/mol. The maximum atomic E-state index is 12.7. The first-order valence-electron chi connectivity index (χ1n) is 8.53. The van der Waals surface area contributed by atoms with Crippen LogP contribution in [0, 0.1) is 0 Å². The maximum absolute atomic E-state index is 12.7. The Morgan fingerprint density at radius 1 is 0.889 bits per heavy atom. The van der Waals surface area contributed by atoms with Crippen LogP contribution in [-0.4, -0.2) is 29.5 Å². The molecule has 0 atom stereocenters. The van der Waals surface area contributed by atoms with E-state index in [2.05, 4.69) is 25.0 Å². The molecule has 0 aliphatic carbocycles. The Bertz CT molecular complexity index is 1540. The number of imidazole rings is 1. The second kappa shape index (κ2) is 5.01. The Balaban J connectivity index is 1.74. The molecule has 27 heavy (non-hydrogen) atoms. The van der Waals surface area contributed by atoms with Crippen LogP contribution in [0.3, 0.4) is 0 Å². The van der Waals surface area contributed by atoms with Crippen LogP contribution in [0.2, 0.25) is 0 Å². The number of aromatic nitrogens is 6. The Morgan fingerprint density at radius 2 is 1.70 bits per heavy atom. The second-order valence-electron chi connectivity index (χ2n) is 6.42. The van der Waals surface area contributed by atoms with Gasteiger partial charge in [0.25, 0.3) is 5.56 Å². The second-order valence-corrected chi connectivity index (χ2v) is 6.42. The molecule has 4 aromatic heterocycles. The van der Waals surface area contributed by atoms with Crippen molar-refractivity contribution in [1.82, 2.24) is 29.5 Å². The average molecular weight is 352 g/mol. The lowest BCUT2D eigenvalue weighted by molar-refractivity contribution is 0.973. The van der Waals surface area contributed by atoms with Crippen LogP contribution in [0.1, 0.15) is 0 Å². The van der Waals surface area contributed by atoms with E-state index in [1.54, 1.807) is 4.52 Å². The summed E-state index contributed by atoms with van der Waals surface area (Å²) in [6.07, 6.45) is 0. The van der Waals surface area contributed by atoms with Gasteiger partial charge in [-0.1, -0.05) is 48.5 Å². The molecular weight excluding hydrogens is 340 g/mol. The SMILES string of the molecule is O=c1[nH]c2c3cc4ccccc4nc3nn2c2nc(-c3ccccc3)[nH]c12. The zero-order chi connectivity index (χ0) is 18.0. The van der Waals surface area contributed by atoms with Gasteiger partial charge in [-0.3, -0.25) is 4.79 Å². The first-order valence-corrected chi connectivity index (χ1v) is 8.53. The summed E-state index contributed by atoms with van der Waals surface area (Å²) in [7, 11) is 0. The van der Waals surface area contributed by atoms with Gasteiger partial charge in [-0.05, 0) is 12.1 Å². The smallest absolute Gasteiger partial charge is 0.277 e. The normalized spacial score (nSPS) is 11.9. The van der Waals surface area contributed by atoms with E-state index < -0.39 is 0 Å². The third-order valence-electron chi connectivity index (χ3n) is 4.76. The number of benzene rings is 2. The number of para-hydroxylation sites is 1. The van der Waals surface area contributed by atoms with E-state index in [4.69, 9.17) is 0 Å². The van der Waals surface area contributed by atoms with Crippen molar-refractivity contribution in [2.24, 2.45) is 0 Å². The molecule has 0 radical (unpaired) electrons.